The van der Waals surface area contributed by atoms with E-state index in [1.54, 1.807) is 0 Å². The number of hydrogen-bond acceptors (Lipinski definition) is 6. The quantitative estimate of drug-likeness (QED) is 0.0725. The van der Waals surface area contributed by atoms with Gasteiger partial charge < -0.3 is 9.11 Å². The second kappa shape index (κ2) is 19.0. The van der Waals surface area contributed by atoms with Gasteiger partial charge >= 0.3 is 11.0 Å². The third-order valence-corrected chi connectivity index (χ3v) is 14.6. The second-order valence-corrected chi connectivity index (χ2v) is 19.4. The topological polar surface area (TPSA) is 132 Å². The molecule has 0 saturated heterocycles. The summed E-state index contributed by atoms with van der Waals surface area (Å²) in [6.45, 7) is 0. The summed E-state index contributed by atoms with van der Waals surface area (Å²) in [5.41, 5.74) is -6.47. The zero-order valence-corrected chi connectivity index (χ0v) is 34.8. The maximum Gasteiger partial charge on any atom is 0.485 e. The van der Waals surface area contributed by atoms with Gasteiger partial charge in [0.05, 0.1) is 29.9 Å². The Morgan fingerprint density at radius 3 is 1.22 bits per heavy atom. The predicted molar refractivity (Wildman–Crippen MR) is 216 cm³/mol. The van der Waals surface area contributed by atoms with Crippen molar-refractivity contribution < 1.29 is 61.4 Å². The average Bonchev–Trinajstić information content (AvgIpc) is 3.77. The fourth-order valence-corrected chi connectivity index (χ4v) is 10.7. The molecule has 2 heterocycles. The van der Waals surface area contributed by atoms with Gasteiger partial charge in [-0.15, -0.1) is 0 Å². The monoisotopic (exact) mass is 906 g/mol. The molecule has 60 heavy (non-hydrogen) atoms. The molecule has 0 aliphatic heterocycles. The van der Waals surface area contributed by atoms with Gasteiger partial charge in [-0.25, -0.2) is 26.0 Å². The van der Waals surface area contributed by atoms with Crippen molar-refractivity contribution in [3.8, 4) is 11.4 Å². The molecular weight excluding hydrogens is 873 g/mol. The summed E-state index contributed by atoms with van der Waals surface area (Å²) >= 11 is 0. The molecule has 0 aliphatic carbocycles. The van der Waals surface area contributed by atoms with E-state index in [1.807, 2.05) is 0 Å². The number of aryl methyl sites for hydroxylation is 2. The predicted octanol–water partition coefficient (Wildman–Crippen LogP) is 4.54. The van der Waals surface area contributed by atoms with Crippen LogP contribution in [-0.2, 0) is 34.3 Å². The molecule has 0 amide bonds. The fraction of sp³-hybridized carbons (Fsp3) is 0.100. The Kier molecular flexibility index (Phi) is 14.5. The summed E-state index contributed by atoms with van der Waals surface area (Å²) in [4.78, 5) is 0. The minimum atomic E-state index is -6.09. The van der Waals surface area contributed by atoms with Crippen LogP contribution in [0.4, 0.5) is 26.3 Å². The van der Waals surface area contributed by atoms with Crippen LogP contribution in [0.25, 0.3) is 11.4 Å². The summed E-state index contributed by atoms with van der Waals surface area (Å²) in [5, 5.41) is 5.30. The molecule has 0 saturated carbocycles. The van der Waals surface area contributed by atoms with Crippen LogP contribution >= 0.6 is 15.8 Å². The van der Waals surface area contributed by atoms with Gasteiger partial charge in [0.15, 0.2) is 31.6 Å². The highest BCUT2D eigenvalue weighted by Gasteiger charge is 2.38. The minimum absolute atomic E-state index is 0.827. The van der Waals surface area contributed by atoms with Gasteiger partial charge in [-0.2, -0.15) is 35.5 Å². The summed E-state index contributed by atoms with van der Waals surface area (Å²) in [5.74, 6) is 0. The Balaban J connectivity index is 0.000000362. The van der Waals surface area contributed by atoms with Crippen LogP contribution in [0, 0.1) is 0 Å². The number of nitrogens with zero attached hydrogens (tertiary/aromatic N) is 4. The summed E-state index contributed by atoms with van der Waals surface area (Å²) in [7, 11) is -9.50. The van der Waals surface area contributed by atoms with Crippen LogP contribution in [0.1, 0.15) is 0 Å². The molecule has 0 bridgehead atoms. The van der Waals surface area contributed by atoms with Gasteiger partial charge in [0.1, 0.15) is 24.8 Å². The van der Waals surface area contributed by atoms with Crippen molar-refractivity contribution >= 4 is 68.4 Å². The van der Waals surface area contributed by atoms with Crippen molar-refractivity contribution in [3.05, 3.63) is 170 Å². The van der Waals surface area contributed by atoms with Crippen molar-refractivity contribution in [1.29, 1.82) is 0 Å². The summed E-state index contributed by atoms with van der Waals surface area (Å²) in [6.07, 6.45) is 8.81. The van der Waals surface area contributed by atoms with E-state index in [9.17, 15) is 26.3 Å². The molecule has 0 N–H and O–H groups in total. The zero-order valence-electron chi connectivity index (χ0n) is 31.4. The van der Waals surface area contributed by atoms with Crippen LogP contribution in [0.3, 0.4) is 0 Å². The summed E-state index contributed by atoms with van der Waals surface area (Å²) in [6, 6.07) is 52.5. The van der Waals surface area contributed by atoms with E-state index in [2.05, 4.69) is 203 Å². The first-order valence-corrected chi connectivity index (χ1v) is 22.8. The molecule has 5 aromatic carbocycles. The number of para-hydroxylation sites is 2. The maximum absolute atomic E-state index is 10.7. The van der Waals surface area contributed by atoms with E-state index in [0.717, 1.165) is 11.4 Å². The lowest BCUT2D eigenvalue weighted by Gasteiger charge is -2.18. The first-order chi connectivity index (χ1) is 28.2. The molecule has 2 aromatic heterocycles. The third-order valence-electron chi connectivity index (χ3n) is 8.37. The number of hydrogen-bond donors (Lipinski definition) is 0. The number of benzene rings is 5. The van der Waals surface area contributed by atoms with E-state index in [0.29, 0.717) is 0 Å². The smallest absolute Gasteiger partial charge is 0.485 e. The molecule has 20 heteroatoms. The average molecular weight is 907 g/mol. The SMILES string of the molecule is Cn1cc[n+](-c2ccccc2-n2cc[n+](C)c2P(c2ccccc2)c2ccccc2)c1P(c1ccccc1)c1ccccc1.O=S(=O)([O-])C(F)(F)F.O=S(=O)([O-])C(F)(F)F. The molecule has 314 valence electrons. The Bertz CT molecular complexity index is 2460. The van der Waals surface area contributed by atoms with Gasteiger partial charge in [0.2, 0.25) is 0 Å². The van der Waals surface area contributed by atoms with E-state index in [4.69, 9.17) is 25.9 Å². The fourth-order valence-electron chi connectivity index (χ4n) is 5.79. The highest BCUT2D eigenvalue weighted by atomic mass is 32.2. The number of aromatic nitrogens is 4. The lowest BCUT2D eigenvalue weighted by Crippen LogP contribution is -2.50. The van der Waals surface area contributed by atoms with Crippen molar-refractivity contribution in [3.63, 3.8) is 0 Å². The molecular formula is C40H34F6N4O6P2S2. The van der Waals surface area contributed by atoms with Gasteiger partial charge in [0.25, 0.3) is 11.1 Å². The van der Waals surface area contributed by atoms with Crippen molar-refractivity contribution in [2.75, 3.05) is 0 Å². The lowest BCUT2D eigenvalue weighted by atomic mass is 10.2. The van der Waals surface area contributed by atoms with Gasteiger partial charge in [-0.1, -0.05) is 133 Å². The van der Waals surface area contributed by atoms with Crippen molar-refractivity contribution in [2.24, 2.45) is 14.1 Å². The van der Waals surface area contributed by atoms with Crippen LogP contribution in [0.5, 0.6) is 0 Å². The Morgan fingerprint density at radius 1 is 0.517 bits per heavy atom. The highest BCUT2D eigenvalue weighted by Crippen LogP contribution is 2.34. The number of halogens is 6. The first kappa shape index (κ1) is 45.9. The Morgan fingerprint density at radius 2 is 0.850 bits per heavy atom. The molecule has 10 nitrogen and oxygen atoms in total. The van der Waals surface area contributed by atoms with Crippen LogP contribution in [0.15, 0.2) is 170 Å². The minimum Gasteiger partial charge on any atom is -0.741 e. The first-order valence-electron chi connectivity index (χ1n) is 17.3. The second-order valence-electron chi connectivity index (χ2n) is 12.5. The molecule has 0 unspecified atom stereocenters. The summed E-state index contributed by atoms with van der Waals surface area (Å²) < 4.78 is 127. The van der Waals surface area contributed by atoms with Gasteiger partial charge in [0, 0.05) is 0 Å². The molecule has 0 spiro atoms. The number of alkyl halides is 6. The maximum atomic E-state index is 10.7. The Labute approximate surface area is 344 Å². The number of rotatable bonds is 8. The van der Waals surface area contributed by atoms with Gasteiger partial charge in [-0.3, -0.25) is 0 Å². The van der Waals surface area contributed by atoms with Crippen LogP contribution in [-0.4, -0.2) is 46.1 Å². The van der Waals surface area contributed by atoms with E-state index < -0.39 is 47.1 Å². The molecule has 7 rings (SSSR count). The van der Waals surface area contributed by atoms with Crippen molar-refractivity contribution in [1.82, 2.24) is 9.13 Å². The van der Waals surface area contributed by atoms with Crippen molar-refractivity contribution in [2.45, 2.75) is 11.0 Å². The molecule has 0 aliphatic rings. The standard InChI is InChI=1S/C38H34N4P2.2CHF3O3S/c1-39-27-29-41(37(39)43(31-17-7-3-8-18-31)32-19-9-4-10-20-32)35-25-15-16-26-36(35)42-30-28-40(2)38(42)44(33-21-11-5-12-22-33)34-23-13-6-14-24-34;2*2-1(3,4)8(5,6)7/h3-30H,1-2H3;2*(H,5,6,7)/q+2;;/p-2. The van der Waals surface area contributed by atoms with E-state index in [-0.39, 0.29) is 0 Å². The third kappa shape index (κ3) is 10.9. The Hall–Kier alpha value is -5.22. The normalized spacial score (nSPS) is 12.1. The van der Waals surface area contributed by atoms with E-state index >= 15 is 0 Å². The zero-order chi connectivity index (χ0) is 43.9. The lowest BCUT2D eigenvalue weighted by molar-refractivity contribution is -0.652. The highest BCUT2D eigenvalue weighted by molar-refractivity contribution is 7.86. The largest absolute Gasteiger partial charge is 0.741 e. The van der Waals surface area contributed by atoms with Crippen LogP contribution in [0.2, 0.25) is 0 Å². The van der Waals surface area contributed by atoms with Gasteiger partial charge in [-0.05, 0) is 33.4 Å². The molecule has 0 radical (unpaired) electrons. The van der Waals surface area contributed by atoms with Crippen LogP contribution < -0.4 is 41.5 Å². The molecule has 0 fully saturated rings. The van der Waals surface area contributed by atoms with E-state index in [1.165, 1.54) is 32.3 Å². The molecule has 0 atom stereocenters. The molecule has 7 aromatic rings. The number of imidazole rings is 2.